The second-order valence-corrected chi connectivity index (χ2v) is 6.83. The Labute approximate surface area is 160 Å². The minimum Gasteiger partial charge on any atom is -0.459 e. The summed E-state index contributed by atoms with van der Waals surface area (Å²) < 4.78 is 5.16. The molecular formula is C20H20N4O4. The van der Waals surface area contributed by atoms with Gasteiger partial charge in [0.1, 0.15) is 0 Å². The second kappa shape index (κ2) is 7.67. The Kier molecular flexibility index (Phi) is 4.92. The number of aromatic nitrogens is 2. The van der Waals surface area contributed by atoms with Gasteiger partial charge < -0.3 is 14.6 Å². The summed E-state index contributed by atoms with van der Waals surface area (Å²) in [7, 11) is 0. The average Bonchev–Trinajstić information content (AvgIpc) is 3.25. The van der Waals surface area contributed by atoms with E-state index in [1.54, 1.807) is 35.2 Å². The second-order valence-electron chi connectivity index (χ2n) is 6.83. The van der Waals surface area contributed by atoms with Crippen LogP contribution < -0.4 is 10.9 Å². The molecule has 0 spiro atoms. The van der Waals surface area contributed by atoms with Gasteiger partial charge in [0.15, 0.2) is 5.76 Å². The van der Waals surface area contributed by atoms with Gasteiger partial charge in [-0.2, -0.15) is 5.10 Å². The van der Waals surface area contributed by atoms with Crippen LogP contribution in [0.2, 0.25) is 0 Å². The average molecular weight is 380 g/mol. The predicted molar refractivity (Wildman–Crippen MR) is 102 cm³/mol. The molecule has 1 fully saturated rings. The van der Waals surface area contributed by atoms with Gasteiger partial charge in [-0.25, -0.2) is 5.10 Å². The van der Waals surface area contributed by atoms with E-state index in [1.165, 1.54) is 6.26 Å². The molecule has 0 bridgehead atoms. The van der Waals surface area contributed by atoms with Crippen LogP contribution in [0.15, 0.2) is 51.9 Å². The molecule has 3 heterocycles. The zero-order chi connectivity index (χ0) is 19.5. The molecule has 4 rings (SSSR count). The first-order valence-corrected chi connectivity index (χ1v) is 9.20. The van der Waals surface area contributed by atoms with Crippen LogP contribution in [0.5, 0.6) is 0 Å². The van der Waals surface area contributed by atoms with E-state index in [0.717, 1.165) is 0 Å². The summed E-state index contributed by atoms with van der Waals surface area (Å²) in [6.45, 7) is 1.12. The smallest absolute Gasteiger partial charge is 0.289 e. The highest BCUT2D eigenvalue weighted by Gasteiger charge is 2.26. The van der Waals surface area contributed by atoms with E-state index < -0.39 is 0 Å². The summed E-state index contributed by atoms with van der Waals surface area (Å²) in [5, 5.41) is 10.7. The highest BCUT2D eigenvalue weighted by molar-refractivity contribution is 5.91. The Morgan fingerprint density at radius 2 is 1.89 bits per heavy atom. The summed E-state index contributed by atoms with van der Waals surface area (Å²) in [5.41, 5.74) is 0.270. The number of nitrogens with one attached hydrogen (secondary N) is 2. The zero-order valence-corrected chi connectivity index (χ0v) is 15.2. The molecule has 2 amide bonds. The first kappa shape index (κ1) is 18.0. The number of piperidine rings is 1. The normalized spacial score (nSPS) is 14.9. The lowest BCUT2D eigenvalue weighted by molar-refractivity contribution is -0.121. The molecule has 3 aromatic rings. The largest absolute Gasteiger partial charge is 0.459 e. The van der Waals surface area contributed by atoms with Crippen molar-refractivity contribution >= 4 is 22.6 Å². The lowest BCUT2D eigenvalue weighted by atomic mass is 10.0. The van der Waals surface area contributed by atoms with E-state index in [4.69, 9.17) is 4.42 Å². The number of aromatic amines is 1. The fourth-order valence-electron chi connectivity index (χ4n) is 3.52. The third-order valence-electron chi connectivity index (χ3n) is 4.98. The minimum absolute atomic E-state index is 0.00202. The van der Waals surface area contributed by atoms with Crippen LogP contribution in [-0.4, -0.2) is 46.0 Å². The molecule has 8 heteroatoms. The van der Waals surface area contributed by atoms with Crippen LogP contribution in [0.25, 0.3) is 10.8 Å². The maximum atomic E-state index is 12.5. The molecule has 2 N–H and O–H groups in total. The lowest BCUT2D eigenvalue weighted by Gasteiger charge is -2.31. The van der Waals surface area contributed by atoms with Crippen LogP contribution in [0.1, 0.15) is 29.1 Å². The topological polar surface area (TPSA) is 108 Å². The molecule has 1 aliphatic heterocycles. The number of furan rings is 1. The van der Waals surface area contributed by atoms with Gasteiger partial charge in [0, 0.05) is 24.5 Å². The molecule has 28 heavy (non-hydrogen) atoms. The summed E-state index contributed by atoms with van der Waals surface area (Å²) in [6.07, 6.45) is 2.92. The van der Waals surface area contributed by atoms with E-state index in [1.807, 2.05) is 6.07 Å². The number of hydrogen-bond acceptors (Lipinski definition) is 5. The Morgan fingerprint density at radius 3 is 2.61 bits per heavy atom. The van der Waals surface area contributed by atoms with Gasteiger partial charge in [-0.05, 0) is 31.0 Å². The predicted octanol–water partition coefficient (Wildman–Crippen LogP) is 1.48. The van der Waals surface area contributed by atoms with Crippen LogP contribution in [0.3, 0.4) is 0 Å². The molecule has 0 atom stereocenters. The number of amides is 2. The number of carbonyl (C=O) groups excluding carboxylic acids is 2. The van der Waals surface area contributed by atoms with Crippen molar-refractivity contribution in [3.63, 3.8) is 0 Å². The quantitative estimate of drug-likeness (QED) is 0.713. The van der Waals surface area contributed by atoms with Crippen molar-refractivity contribution in [2.24, 2.45) is 0 Å². The highest BCUT2D eigenvalue weighted by Crippen LogP contribution is 2.16. The van der Waals surface area contributed by atoms with E-state index in [2.05, 4.69) is 15.5 Å². The van der Waals surface area contributed by atoms with Gasteiger partial charge >= 0.3 is 0 Å². The van der Waals surface area contributed by atoms with Crippen LogP contribution in [-0.2, 0) is 11.2 Å². The molecule has 2 aromatic heterocycles. The number of fused-ring (bicyclic) bond motifs is 1. The van der Waals surface area contributed by atoms with Gasteiger partial charge in [0.2, 0.25) is 5.91 Å². The van der Waals surface area contributed by atoms with Crippen molar-refractivity contribution in [2.75, 3.05) is 13.1 Å². The van der Waals surface area contributed by atoms with E-state index in [-0.39, 0.29) is 29.8 Å². The molecular weight excluding hydrogens is 360 g/mol. The first-order valence-electron chi connectivity index (χ1n) is 9.20. The molecule has 1 aromatic carbocycles. The molecule has 0 radical (unpaired) electrons. The van der Waals surface area contributed by atoms with Crippen molar-refractivity contribution < 1.29 is 14.0 Å². The monoisotopic (exact) mass is 380 g/mol. The number of benzene rings is 1. The Balaban J connectivity index is 1.35. The SMILES string of the molecule is O=C(Cc1n[nH]c(=O)c2ccccc12)NC1CCN(C(=O)c2ccco2)CC1. The van der Waals surface area contributed by atoms with Gasteiger partial charge in [-0.3, -0.25) is 14.4 Å². The highest BCUT2D eigenvalue weighted by atomic mass is 16.3. The Hall–Kier alpha value is -3.42. The lowest BCUT2D eigenvalue weighted by Crippen LogP contribution is -2.46. The molecule has 1 aliphatic rings. The Morgan fingerprint density at radius 1 is 1.14 bits per heavy atom. The summed E-state index contributed by atoms with van der Waals surface area (Å²) in [5.74, 6) is 0.0534. The number of likely N-dealkylation sites (tertiary alicyclic amines) is 1. The van der Waals surface area contributed by atoms with Gasteiger partial charge in [0.25, 0.3) is 11.5 Å². The number of hydrogen-bond donors (Lipinski definition) is 2. The zero-order valence-electron chi connectivity index (χ0n) is 15.2. The maximum Gasteiger partial charge on any atom is 0.289 e. The van der Waals surface area contributed by atoms with Gasteiger partial charge in [-0.1, -0.05) is 18.2 Å². The minimum atomic E-state index is -0.270. The van der Waals surface area contributed by atoms with Crippen LogP contribution in [0.4, 0.5) is 0 Å². The number of carbonyl (C=O) groups is 2. The van der Waals surface area contributed by atoms with Crippen molar-refractivity contribution in [3.05, 3.63) is 64.5 Å². The van der Waals surface area contributed by atoms with Crippen LogP contribution >= 0.6 is 0 Å². The molecule has 0 unspecified atom stereocenters. The first-order chi connectivity index (χ1) is 13.6. The maximum absolute atomic E-state index is 12.5. The molecule has 0 aliphatic carbocycles. The fourth-order valence-corrected chi connectivity index (χ4v) is 3.52. The standard InChI is InChI=1S/C20H20N4O4/c25-18(12-16-14-4-1-2-5-15(14)19(26)23-22-16)21-13-7-9-24(10-8-13)20(27)17-6-3-11-28-17/h1-6,11,13H,7-10,12H2,(H,21,25)(H,23,26). The molecule has 0 saturated carbocycles. The molecule has 8 nitrogen and oxygen atoms in total. The number of H-pyrrole nitrogens is 1. The van der Waals surface area contributed by atoms with E-state index in [9.17, 15) is 14.4 Å². The number of nitrogens with zero attached hydrogens (tertiary/aromatic N) is 2. The Bertz CT molecular complexity index is 1050. The molecule has 144 valence electrons. The fraction of sp³-hybridized carbons (Fsp3) is 0.300. The van der Waals surface area contributed by atoms with Crippen molar-refractivity contribution in [3.8, 4) is 0 Å². The van der Waals surface area contributed by atoms with Gasteiger partial charge in [0.05, 0.1) is 23.8 Å². The van der Waals surface area contributed by atoms with Crippen molar-refractivity contribution in [2.45, 2.75) is 25.3 Å². The third kappa shape index (κ3) is 3.66. The summed E-state index contributed by atoms with van der Waals surface area (Å²) in [6, 6.07) is 10.4. The summed E-state index contributed by atoms with van der Waals surface area (Å²) >= 11 is 0. The van der Waals surface area contributed by atoms with Crippen molar-refractivity contribution in [1.29, 1.82) is 0 Å². The third-order valence-corrected chi connectivity index (χ3v) is 4.98. The van der Waals surface area contributed by atoms with E-state index >= 15 is 0 Å². The van der Waals surface area contributed by atoms with Crippen molar-refractivity contribution in [1.82, 2.24) is 20.4 Å². The van der Waals surface area contributed by atoms with Gasteiger partial charge in [-0.15, -0.1) is 0 Å². The summed E-state index contributed by atoms with van der Waals surface area (Å²) in [4.78, 5) is 38.3. The van der Waals surface area contributed by atoms with Crippen LogP contribution in [0, 0.1) is 0 Å². The van der Waals surface area contributed by atoms with E-state index in [0.29, 0.717) is 48.2 Å². The number of rotatable bonds is 4. The molecule has 1 saturated heterocycles.